The first-order chi connectivity index (χ1) is 13.5. The van der Waals surface area contributed by atoms with Gasteiger partial charge < -0.3 is 4.57 Å². The minimum absolute atomic E-state index is 0.289. The summed E-state index contributed by atoms with van der Waals surface area (Å²) in [5, 5.41) is 2.17. The van der Waals surface area contributed by atoms with Crippen LogP contribution in [0.4, 0.5) is 0 Å². The standard InChI is InChI=1S/C20H14BrN3O2S2/c1-23-11-12(13-6-3-5-9-16(13)23)10-17-19(26)24(20(27)28-17)22-18(25)14-7-2-4-8-15(14)21/h2-11H,1H3,(H,22,25)/b17-10-. The van der Waals surface area contributed by atoms with E-state index in [1.165, 1.54) is 11.8 Å². The minimum Gasteiger partial charge on any atom is -0.350 e. The van der Waals surface area contributed by atoms with E-state index in [0.29, 0.717) is 14.9 Å². The van der Waals surface area contributed by atoms with Gasteiger partial charge in [-0.1, -0.05) is 42.1 Å². The minimum atomic E-state index is -0.407. The molecule has 1 aliphatic rings. The SMILES string of the molecule is Cn1cc(/C=C2\SC(=S)N(NC(=O)c3ccccc3Br)C2=O)c2ccccc21. The molecule has 4 rings (SSSR count). The Hall–Kier alpha value is -2.42. The van der Waals surface area contributed by atoms with Crippen LogP contribution in [-0.4, -0.2) is 25.7 Å². The van der Waals surface area contributed by atoms with E-state index in [9.17, 15) is 9.59 Å². The van der Waals surface area contributed by atoms with Crippen LogP contribution in [0.1, 0.15) is 15.9 Å². The second-order valence-corrected chi connectivity index (χ2v) is 8.68. The van der Waals surface area contributed by atoms with Crippen LogP contribution in [0.5, 0.6) is 0 Å². The number of amides is 2. The van der Waals surface area contributed by atoms with Gasteiger partial charge in [-0.05, 0) is 52.4 Å². The van der Waals surface area contributed by atoms with Crippen LogP contribution in [0.2, 0.25) is 0 Å². The number of aromatic nitrogens is 1. The zero-order chi connectivity index (χ0) is 19.8. The van der Waals surface area contributed by atoms with Crippen molar-refractivity contribution in [2.24, 2.45) is 7.05 Å². The second kappa shape index (κ2) is 7.54. The van der Waals surface area contributed by atoms with Crippen molar-refractivity contribution in [3.05, 3.63) is 75.2 Å². The van der Waals surface area contributed by atoms with Crippen LogP contribution >= 0.6 is 39.9 Å². The number of carbonyl (C=O) groups excluding carboxylic acids is 2. The van der Waals surface area contributed by atoms with E-state index in [-0.39, 0.29) is 10.2 Å². The third-order valence-electron chi connectivity index (χ3n) is 4.34. The molecular weight excluding hydrogens is 458 g/mol. The van der Waals surface area contributed by atoms with E-state index >= 15 is 0 Å². The number of rotatable bonds is 3. The molecule has 5 nitrogen and oxygen atoms in total. The van der Waals surface area contributed by atoms with E-state index in [4.69, 9.17) is 12.2 Å². The maximum absolute atomic E-state index is 12.8. The maximum atomic E-state index is 12.8. The van der Waals surface area contributed by atoms with Crippen molar-refractivity contribution in [2.45, 2.75) is 0 Å². The number of halogens is 1. The normalized spacial score (nSPS) is 15.6. The maximum Gasteiger partial charge on any atom is 0.285 e. The summed E-state index contributed by atoms with van der Waals surface area (Å²) in [6, 6.07) is 15.0. The Morgan fingerprint density at radius 2 is 1.89 bits per heavy atom. The number of hydrazine groups is 1. The van der Waals surface area contributed by atoms with Crippen LogP contribution in [0.15, 0.2) is 64.1 Å². The van der Waals surface area contributed by atoms with Gasteiger partial charge in [0.1, 0.15) is 0 Å². The first kappa shape index (κ1) is 18.9. The van der Waals surface area contributed by atoms with Crippen molar-refractivity contribution in [3.8, 4) is 0 Å². The molecule has 0 spiro atoms. The van der Waals surface area contributed by atoms with Gasteiger partial charge in [0.25, 0.3) is 11.8 Å². The van der Waals surface area contributed by atoms with Gasteiger partial charge in [0.2, 0.25) is 0 Å². The molecule has 1 aromatic heterocycles. The van der Waals surface area contributed by atoms with Crippen molar-refractivity contribution in [2.75, 3.05) is 0 Å². The van der Waals surface area contributed by atoms with E-state index in [1.807, 2.05) is 54.2 Å². The Balaban J connectivity index is 1.61. The Bertz CT molecular complexity index is 1170. The van der Waals surface area contributed by atoms with E-state index in [2.05, 4.69) is 21.4 Å². The quantitative estimate of drug-likeness (QED) is 0.451. The van der Waals surface area contributed by atoms with Gasteiger partial charge in [-0.3, -0.25) is 15.0 Å². The zero-order valence-electron chi connectivity index (χ0n) is 14.7. The summed E-state index contributed by atoms with van der Waals surface area (Å²) in [6.45, 7) is 0. The summed E-state index contributed by atoms with van der Waals surface area (Å²) >= 11 is 9.82. The van der Waals surface area contributed by atoms with Crippen molar-refractivity contribution in [1.29, 1.82) is 0 Å². The lowest BCUT2D eigenvalue weighted by Gasteiger charge is -2.16. The van der Waals surface area contributed by atoms with Gasteiger partial charge in [-0.2, -0.15) is 5.01 Å². The third-order valence-corrected chi connectivity index (χ3v) is 6.33. The van der Waals surface area contributed by atoms with E-state index < -0.39 is 5.91 Å². The van der Waals surface area contributed by atoms with Gasteiger partial charge in [-0.25, -0.2) is 0 Å². The Morgan fingerprint density at radius 1 is 1.18 bits per heavy atom. The largest absolute Gasteiger partial charge is 0.350 e. The molecule has 1 N–H and O–H groups in total. The molecular formula is C20H14BrN3O2S2. The number of hydrogen-bond acceptors (Lipinski definition) is 4. The number of para-hydroxylation sites is 1. The van der Waals surface area contributed by atoms with Gasteiger partial charge in [0.15, 0.2) is 4.32 Å². The number of carbonyl (C=O) groups is 2. The van der Waals surface area contributed by atoms with Crippen molar-refractivity contribution in [3.63, 3.8) is 0 Å². The van der Waals surface area contributed by atoms with Gasteiger partial charge >= 0.3 is 0 Å². The molecule has 8 heteroatoms. The number of fused-ring (bicyclic) bond motifs is 1. The average Bonchev–Trinajstić information content (AvgIpc) is 3.14. The van der Waals surface area contributed by atoms with Crippen molar-refractivity contribution in [1.82, 2.24) is 15.0 Å². The molecule has 2 aromatic carbocycles. The van der Waals surface area contributed by atoms with Gasteiger partial charge in [0.05, 0.1) is 10.5 Å². The monoisotopic (exact) mass is 471 g/mol. The molecule has 3 aromatic rings. The molecule has 140 valence electrons. The molecule has 1 aliphatic heterocycles. The predicted octanol–water partition coefficient (Wildman–Crippen LogP) is 4.49. The highest BCUT2D eigenvalue weighted by Gasteiger charge is 2.34. The number of hydrogen-bond donors (Lipinski definition) is 1. The Morgan fingerprint density at radius 3 is 2.68 bits per heavy atom. The molecule has 0 radical (unpaired) electrons. The summed E-state index contributed by atoms with van der Waals surface area (Å²) in [5.74, 6) is -0.751. The van der Waals surface area contributed by atoms with Crippen LogP contribution in [0.3, 0.4) is 0 Å². The highest BCUT2D eigenvalue weighted by atomic mass is 79.9. The summed E-state index contributed by atoms with van der Waals surface area (Å²) in [7, 11) is 1.96. The van der Waals surface area contributed by atoms with Gasteiger partial charge in [0, 0.05) is 34.2 Å². The first-order valence-corrected chi connectivity index (χ1v) is 10.3. The lowest BCUT2D eigenvalue weighted by atomic mass is 10.1. The van der Waals surface area contributed by atoms with Crippen LogP contribution in [-0.2, 0) is 11.8 Å². The summed E-state index contributed by atoms with van der Waals surface area (Å²) in [6.07, 6.45) is 3.78. The number of nitrogens with one attached hydrogen (secondary N) is 1. The lowest BCUT2D eigenvalue weighted by Crippen LogP contribution is -2.44. The number of nitrogens with zero attached hydrogens (tertiary/aromatic N) is 2. The number of thioether (sulfide) groups is 1. The zero-order valence-corrected chi connectivity index (χ0v) is 17.9. The third kappa shape index (κ3) is 3.39. The van der Waals surface area contributed by atoms with E-state index in [1.54, 1.807) is 18.2 Å². The summed E-state index contributed by atoms with van der Waals surface area (Å²) in [5.41, 5.74) is 5.03. The fourth-order valence-corrected chi connectivity index (χ4v) is 4.64. The van der Waals surface area contributed by atoms with E-state index in [0.717, 1.165) is 21.5 Å². The molecule has 2 amide bonds. The van der Waals surface area contributed by atoms with Crippen molar-refractivity contribution < 1.29 is 9.59 Å². The molecule has 28 heavy (non-hydrogen) atoms. The fraction of sp³-hybridized carbons (Fsp3) is 0.0500. The molecule has 0 bridgehead atoms. The van der Waals surface area contributed by atoms with Gasteiger partial charge in [-0.15, -0.1) is 0 Å². The van der Waals surface area contributed by atoms with Crippen molar-refractivity contribution >= 4 is 73.0 Å². The molecule has 1 fully saturated rings. The molecule has 2 heterocycles. The molecule has 0 aliphatic carbocycles. The highest BCUT2D eigenvalue weighted by Crippen LogP contribution is 2.33. The number of aryl methyl sites for hydroxylation is 1. The van der Waals surface area contributed by atoms with Crippen LogP contribution in [0, 0.1) is 0 Å². The molecule has 0 unspecified atom stereocenters. The predicted molar refractivity (Wildman–Crippen MR) is 120 cm³/mol. The molecule has 1 saturated heterocycles. The average molecular weight is 472 g/mol. The lowest BCUT2D eigenvalue weighted by molar-refractivity contribution is -0.123. The van der Waals surface area contributed by atoms with Crippen LogP contribution in [0.25, 0.3) is 17.0 Å². The fourth-order valence-electron chi connectivity index (χ4n) is 3.00. The number of benzene rings is 2. The second-order valence-electron chi connectivity index (χ2n) is 6.15. The summed E-state index contributed by atoms with van der Waals surface area (Å²) < 4.78 is 2.94. The molecule has 0 atom stereocenters. The molecule has 0 saturated carbocycles. The Labute approximate surface area is 179 Å². The van der Waals surface area contributed by atoms with Crippen LogP contribution < -0.4 is 5.43 Å². The highest BCUT2D eigenvalue weighted by molar-refractivity contribution is 9.10. The summed E-state index contributed by atoms with van der Waals surface area (Å²) in [4.78, 5) is 25.8. The Kier molecular flexibility index (Phi) is 5.09. The first-order valence-electron chi connectivity index (χ1n) is 8.33. The smallest absolute Gasteiger partial charge is 0.285 e. The number of thiocarbonyl (C=S) groups is 1. The topological polar surface area (TPSA) is 54.3 Å².